The second kappa shape index (κ2) is 5.73. The number of hydrazine groups is 1. The van der Waals surface area contributed by atoms with Crippen LogP contribution in [0.4, 0.5) is 11.4 Å². The van der Waals surface area contributed by atoms with Gasteiger partial charge in [-0.05, 0) is 36.8 Å². The lowest BCUT2D eigenvalue weighted by molar-refractivity contribution is 0.0954. The Balaban J connectivity index is 2.41. The molecule has 0 fully saturated rings. The number of halogens is 1. The number of benzene rings is 2. The van der Waals surface area contributed by atoms with Crippen LogP contribution in [-0.2, 0) is 0 Å². The van der Waals surface area contributed by atoms with Gasteiger partial charge < -0.3 is 5.32 Å². The first-order chi connectivity index (χ1) is 9.11. The molecule has 2 rings (SSSR count). The van der Waals surface area contributed by atoms with E-state index in [1.165, 1.54) is 0 Å². The second-order valence-electron chi connectivity index (χ2n) is 4.10. The Morgan fingerprint density at radius 2 is 1.89 bits per heavy atom. The Morgan fingerprint density at radius 3 is 2.58 bits per heavy atom. The summed E-state index contributed by atoms with van der Waals surface area (Å²) in [6, 6.07) is 12.8. The van der Waals surface area contributed by atoms with E-state index >= 15 is 0 Å². The van der Waals surface area contributed by atoms with Crippen LogP contribution in [0.2, 0.25) is 5.02 Å². The maximum Gasteiger partial charge on any atom is 0.267 e. The van der Waals surface area contributed by atoms with Crippen LogP contribution in [0, 0.1) is 6.92 Å². The van der Waals surface area contributed by atoms with Crippen LogP contribution in [0.1, 0.15) is 15.9 Å². The summed E-state index contributed by atoms with van der Waals surface area (Å²) in [6.07, 6.45) is 0. The normalized spacial score (nSPS) is 10.1. The molecular formula is C14H14ClN3O. The minimum Gasteiger partial charge on any atom is -0.355 e. The quantitative estimate of drug-likeness (QED) is 0.458. The number of anilines is 2. The number of para-hydroxylation sites is 1. The third-order valence-corrected chi connectivity index (χ3v) is 3.01. The van der Waals surface area contributed by atoms with Gasteiger partial charge in [0, 0.05) is 10.7 Å². The minimum atomic E-state index is -0.368. The molecule has 19 heavy (non-hydrogen) atoms. The highest BCUT2D eigenvalue weighted by molar-refractivity contribution is 6.31. The monoisotopic (exact) mass is 275 g/mol. The molecule has 4 nitrogen and oxygen atoms in total. The van der Waals surface area contributed by atoms with Gasteiger partial charge >= 0.3 is 0 Å². The zero-order valence-electron chi connectivity index (χ0n) is 10.4. The van der Waals surface area contributed by atoms with E-state index in [4.69, 9.17) is 17.4 Å². The first-order valence-electron chi connectivity index (χ1n) is 5.75. The molecule has 5 heteroatoms. The van der Waals surface area contributed by atoms with E-state index in [2.05, 4.69) is 10.7 Å². The van der Waals surface area contributed by atoms with Crippen LogP contribution < -0.4 is 16.6 Å². The van der Waals surface area contributed by atoms with Crippen molar-refractivity contribution < 1.29 is 4.79 Å². The first kappa shape index (κ1) is 13.4. The Kier molecular flexibility index (Phi) is 4.04. The van der Waals surface area contributed by atoms with E-state index in [0.717, 1.165) is 11.3 Å². The van der Waals surface area contributed by atoms with E-state index < -0.39 is 0 Å². The summed E-state index contributed by atoms with van der Waals surface area (Å²) in [6.45, 7) is 1.98. The van der Waals surface area contributed by atoms with Gasteiger partial charge in [0.05, 0.1) is 11.3 Å². The van der Waals surface area contributed by atoms with Gasteiger partial charge in [-0.25, -0.2) is 5.84 Å². The molecule has 0 radical (unpaired) electrons. The average Bonchev–Trinajstić information content (AvgIpc) is 2.41. The predicted octanol–water partition coefficient (Wildman–Crippen LogP) is 3.00. The zero-order valence-corrected chi connectivity index (χ0v) is 11.2. The van der Waals surface area contributed by atoms with Crippen molar-refractivity contribution in [1.29, 1.82) is 0 Å². The zero-order chi connectivity index (χ0) is 13.8. The number of carbonyl (C=O) groups is 1. The molecule has 0 spiro atoms. The van der Waals surface area contributed by atoms with Crippen molar-refractivity contribution in [3.63, 3.8) is 0 Å². The Morgan fingerprint density at radius 1 is 1.16 bits per heavy atom. The summed E-state index contributed by atoms with van der Waals surface area (Å²) in [5.74, 6) is 4.81. The maximum atomic E-state index is 11.7. The third-order valence-electron chi connectivity index (χ3n) is 2.77. The van der Waals surface area contributed by atoms with Crippen LogP contribution >= 0.6 is 11.6 Å². The van der Waals surface area contributed by atoms with E-state index in [9.17, 15) is 4.79 Å². The van der Waals surface area contributed by atoms with E-state index in [1.807, 2.05) is 31.2 Å². The van der Waals surface area contributed by atoms with Gasteiger partial charge in [-0.3, -0.25) is 10.2 Å². The van der Waals surface area contributed by atoms with Crippen molar-refractivity contribution >= 4 is 28.9 Å². The summed E-state index contributed by atoms with van der Waals surface area (Å²) < 4.78 is 0. The lowest BCUT2D eigenvalue weighted by Gasteiger charge is -2.13. The van der Waals surface area contributed by atoms with E-state index in [-0.39, 0.29) is 5.91 Å². The second-order valence-corrected chi connectivity index (χ2v) is 4.54. The summed E-state index contributed by atoms with van der Waals surface area (Å²) >= 11 is 5.97. The van der Waals surface area contributed by atoms with Crippen molar-refractivity contribution in [3.05, 3.63) is 58.6 Å². The predicted molar refractivity (Wildman–Crippen MR) is 77.6 cm³/mol. The fourth-order valence-electron chi connectivity index (χ4n) is 1.75. The Hall–Kier alpha value is -2.04. The number of hydrogen-bond donors (Lipinski definition) is 3. The van der Waals surface area contributed by atoms with E-state index in [1.54, 1.807) is 18.2 Å². The molecule has 0 heterocycles. The van der Waals surface area contributed by atoms with Crippen molar-refractivity contribution in [2.75, 3.05) is 5.32 Å². The van der Waals surface area contributed by atoms with Gasteiger partial charge in [0.2, 0.25) is 0 Å². The standard InChI is InChI=1S/C14H14ClN3O/c1-9-4-2-3-5-12(9)17-13-8-10(15)6-7-11(13)14(19)18-16/h2-8,17H,16H2,1H3,(H,18,19). The Bertz CT molecular complexity index is 613. The van der Waals surface area contributed by atoms with Crippen LogP contribution in [0.15, 0.2) is 42.5 Å². The molecule has 0 unspecified atom stereocenters. The Labute approximate surface area is 116 Å². The summed E-state index contributed by atoms with van der Waals surface area (Å²) in [7, 11) is 0. The number of aryl methyl sites for hydroxylation is 1. The molecule has 0 saturated heterocycles. The molecule has 0 aliphatic rings. The minimum absolute atomic E-state index is 0.368. The van der Waals surface area contributed by atoms with Gasteiger partial charge in [-0.15, -0.1) is 0 Å². The average molecular weight is 276 g/mol. The highest BCUT2D eigenvalue weighted by Crippen LogP contribution is 2.26. The summed E-state index contributed by atoms with van der Waals surface area (Å²) in [4.78, 5) is 11.7. The van der Waals surface area contributed by atoms with Crippen molar-refractivity contribution in [3.8, 4) is 0 Å². The molecule has 0 saturated carbocycles. The molecule has 4 N–H and O–H groups in total. The van der Waals surface area contributed by atoms with Crippen LogP contribution in [-0.4, -0.2) is 5.91 Å². The lowest BCUT2D eigenvalue weighted by Crippen LogP contribution is -2.30. The van der Waals surface area contributed by atoms with Crippen molar-refractivity contribution in [2.45, 2.75) is 6.92 Å². The van der Waals surface area contributed by atoms with Crippen LogP contribution in [0.3, 0.4) is 0 Å². The largest absolute Gasteiger partial charge is 0.355 e. The topological polar surface area (TPSA) is 67.2 Å². The van der Waals surface area contributed by atoms with E-state index in [0.29, 0.717) is 16.3 Å². The molecule has 2 aromatic carbocycles. The number of carbonyl (C=O) groups excluding carboxylic acids is 1. The number of rotatable bonds is 3. The molecule has 0 aliphatic carbocycles. The summed E-state index contributed by atoms with van der Waals surface area (Å²) in [5, 5.41) is 3.74. The number of hydrogen-bond acceptors (Lipinski definition) is 3. The molecule has 0 aliphatic heterocycles. The SMILES string of the molecule is Cc1ccccc1Nc1cc(Cl)ccc1C(=O)NN. The molecule has 2 aromatic rings. The third kappa shape index (κ3) is 3.05. The highest BCUT2D eigenvalue weighted by atomic mass is 35.5. The molecule has 0 bridgehead atoms. The highest BCUT2D eigenvalue weighted by Gasteiger charge is 2.11. The fourth-order valence-corrected chi connectivity index (χ4v) is 1.93. The number of nitrogen functional groups attached to an aromatic ring is 1. The van der Waals surface area contributed by atoms with Gasteiger partial charge in [0.1, 0.15) is 0 Å². The van der Waals surface area contributed by atoms with Gasteiger partial charge in [0.15, 0.2) is 0 Å². The summed E-state index contributed by atoms with van der Waals surface area (Å²) in [5.41, 5.74) is 5.16. The number of nitrogens with one attached hydrogen (secondary N) is 2. The molecule has 98 valence electrons. The van der Waals surface area contributed by atoms with Crippen molar-refractivity contribution in [2.24, 2.45) is 5.84 Å². The molecule has 0 atom stereocenters. The van der Waals surface area contributed by atoms with Crippen LogP contribution in [0.25, 0.3) is 0 Å². The smallest absolute Gasteiger partial charge is 0.267 e. The molecular weight excluding hydrogens is 262 g/mol. The maximum absolute atomic E-state index is 11.7. The number of amides is 1. The molecule has 1 amide bonds. The van der Waals surface area contributed by atoms with Gasteiger partial charge in [-0.1, -0.05) is 29.8 Å². The van der Waals surface area contributed by atoms with Crippen molar-refractivity contribution in [1.82, 2.24) is 5.43 Å². The van der Waals surface area contributed by atoms with Crippen LogP contribution in [0.5, 0.6) is 0 Å². The molecule has 0 aromatic heterocycles. The van der Waals surface area contributed by atoms with Gasteiger partial charge in [0.25, 0.3) is 5.91 Å². The lowest BCUT2D eigenvalue weighted by atomic mass is 10.1. The number of nitrogens with two attached hydrogens (primary N) is 1. The fraction of sp³-hybridized carbons (Fsp3) is 0.0714. The first-order valence-corrected chi connectivity index (χ1v) is 6.13. The van der Waals surface area contributed by atoms with Gasteiger partial charge in [-0.2, -0.15) is 0 Å².